The molecule has 0 aliphatic carbocycles. The number of pyridine rings is 1. The van der Waals surface area contributed by atoms with Crippen molar-refractivity contribution in [2.75, 3.05) is 11.9 Å². The van der Waals surface area contributed by atoms with E-state index in [1.165, 1.54) is 19.2 Å². The molecule has 18 heteroatoms. The molecule has 0 saturated heterocycles. The lowest BCUT2D eigenvalue weighted by Crippen LogP contribution is -2.34. The topological polar surface area (TPSA) is 104 Å². The monoisotopic (exact) mass is 728 g/mol. The normalized spacial score (nSPS) is 12.9. The van der Waals surface area contributed by atoms with E-state index >= 15 is 8.78 Å². The van der Waals surface area contributed by atoms with Gasteiger partial charge in [0.1, 0.15) is 12.3 Å². The summed E-state index contributed by atoms with van der Waals surface area (Å²) >= 11 is 0. The molecule has 3 heterocycles. The summed E-state index contributed by atoms with van der Waals surface area (Å²) < 4.78 is 118. The van der Waals surface area contributed by atoms with Crippen molar-refractivity contribution in [3.05, 3.63) is 80.4 Å². The van der Waals surface area contributed by atoms with Crippen molar-refractivity contribution in [1.82, 2.24) is 24.3 Å². The maximum absolute atomic E-state index is 15.2. The molecule has 0 spiro atoms. The quantitative estimate of drug-likeness (QED) is 0.0731. The van der Waals surface area contributed by atoms with Gasteiger partial charge < -0.3 is 14.6 Å². The molecule has 3 aromatic heterocycles. The summed E-state index contributed by atoms with van der Waals surface area (Å²) in [4.78, 5) is 32.9. The number of hydrogen-bond donors (Lipinski definition) is 1. The Morgan fingerprint density at radius 2 is 1.66 bits per heavy atom. The second-order valence-corrected chi connectivity index (χ2v) is 18.1. The van der Waals surface area contributed by atoms with Gasteiger partial charge in [-0.05, 0) is 43.3 Å². The van der Waals surface area contributed by atoms with Gasteiger partial charge in [0.05, 0.1) is 34.4 Å². The van der Waals surface area contributed by atoms with Gasteiger partial charge in [-0.3, -0.25) is 9.59 Å². The van der Waals surface area contributed by atoms with Crippen molar-refractivity contribution >= 4 is 24.5 Å². The van der Waals surface area contributed by atoms with Crippen LogP contribution in [0.1, 0.15) is 30.9 Å². The van der Waals surface area contributed by atoms with E-state index in [2.05, 4.69) is 51.9 Å². The lowest BCUT2D eigenvalue weighted by molar-refractivity contribution is -0.139. The minimum absolute atomic E-state index is 0.0620. The molecule has 0 radical (unpaired) electrons. The highest BCUT2D eigenvalue weighted by Crippen LogP contribution is 2.33. The Kier molecular flexibility index (Phi) is 11.5. The molecule has 4 aromatic rings. The molecule has 1 aromatic carbocycles. The molecule has 0 aliphatic heterocycles. The SMILES string of the molecule is CC#C[C@@H](CCCn1ccc2cc(-c3ncc(C(F)(F)F)cn3)c(F)c(F)c2c1=O)Nc1cnn(COCC[Si](C)(C)C)c(=O)c1C(F)(F)F. The Morgan fingerprint density at radius 1 is 0.980 bits per heavy atom. The highest BCUT2D eigenvalue weighted by atomic mass is 28.3. The maximum atomic E-state index is 15.2. The number of aromatic nitrogens is 5. The van der Waals surface area contributed by atoms with E-state index in [4.69, 9.17) is 4.74 Å². The molecular weight excluding hydrogens is 696 g/mol. The highest BCUT2D eigenvalue weighted by molar-refractivity contribution is 6.76. The van der Waals surface area contributed by atoms with Gasteiger partial charge in [0.15, 0.2) is 17.5 Å². The molecule has 0 bridgehead atoms. The average molecular weight is 729 g/mol. The minimum atomic E-state index is -5.04. The van der Waals surface area contributed by atoms with Crippen molar-refractivity contribution < 1.29 is 39.9 Å². The van der Waals surface area contributed by atoms with Gasteiger partial charge in [0.2, 0.25) is 0 Å². The molecule has 0 saturated carbocycles. The number of benzene rings is 1. The fraction of sp³-hybridized carbons (Fsp3) is 0.406. The van der Waals surface area contributed by atoms with E-state index in [9.17, 15) is 35.9 Å². The van der Waals surface area contributed by atoms with Crippen LogP contribution in [-0.4, -0.2) is 45.0 Å². The zero-order valence-electron chi connectivity index (χ0n) is 27.3. The Labute approximate surface area is 281 Å². The van der Waals surface area contributed by atoms with Crippen LogP contribution in [0.4, 0.5) is 40.8 Å². The zero-order chi connectivity index (χ0) is 37.0. The Balaban J connectivity index is 1.51. The lowest BCUT2D eigenvalue weighted by Gasteiger charge is -2.20. The van der Waals surface area contributed by atoms with Crippen molar-refractivity contribution in [3.63, 3.8) is 0 Å². The Bertz CT molecular complexity index is 2030. The largest absolute Gasteiger partial charge is 0.423 e. The van der Waals surface area contributed by atoms with Crippen LogP contribution in [-0.2, 0) is 30.4 Å². The van der Waals surface area contributed by atoms with Crippen molar-refractivity contribution in [3.8, 4) is 23.2 Å². The minimum Gasteiger partial charge on any atom is -0.370 e. The second kappa shape index (κ2) is 15.1. The number of hydrogen-bond acceptors (Lipinski definition) is 7. The number of fused-ring (bicyclic) bond motifs is 1. The number of ether oxygens (including phenoxy) is 1. The van der Waals surface area contributed by atoms with Gasteiger partial charge in [-0.1, -0.05) is 25.6 Å². The van der Waals surface area contributed by atoms with Gasteiger partial charge >= 0.3 is 12.4 Å². The predicted octanol–water partition coefficient (Wildman–Crippen LogP) is 6.93. The molecular formula is C32H32F8N6O3Si. The summed E-state index contributed by atoms with van der Waals surface area (Å²) in [6, 6.07) is 2.14. The lowest BCUT2D eigenvalue weighted by atomic mass is 10.1. The van der Waals surface area contributed by atoms with E-state index in [0.717, 1.165) is 22.9 Å². The van der Waals surface area contributed by atoms with E-state index < -0.39 is 89.5 Å². The van der Waals surface area contributed by atoms with Gasteiger partial charge in [-0.25, -0.2) is 23.4 Å². The fourth-order valence-electron chi connectivity index (χ4n) is 4.83. The first-order valence-electron chi connectivity index (χ1n) is 15.2. The van der Waals surface area contributed by atoms with Crippen LogP contribution in [0.5, 0.6) is 0 Å². The molecule has 0 fully saturated rings. The molecule has 268 valence electrons. The van der Waals surface area contributed by atoms with E-state index in [1.54, 1.807) is 0 Å². The maximum Gasteiger partial charge on any atom is 0.423 e. The molecule has 50 heavy (non-hydrogen) atoms. The summed E-state index contributed by atoms with van der Waals surface area (Å²) in [7, 11) is -1.48. The average Bonchev–Trinajstić information content (AvgIpc) is 3.01. The second-order valence-electron chi connectivity index (χ2n) is 12.4. The fourth-order valence-corrected chi connectivity index (χ4v) is 5.59. The van der Waals surface area contributed by atoms with Gasteiger partial charge in [0, 0.05) is 39.8 Å². The summed E-state index contributed by atoms with van der Waals surface area (Å²) in [5.41, 5.74) is -6.14. The van der Waals surface area contributed by atoms with Crippen LogP contribution in [0.2, 0.25) is 25.7 Å². The number of aryl methyl sites for hydroxylation is 1. The van der Waals surface area contributed by atoms with Crippen molar-refractivity contribution in [2.24, 2.45) is 0 Å². The molecule has 0 unspecified atom stereocenters. The van der Waals surface area contributed by atoms with Gasteiger partial charge in [-0.2, -0.15) is 31.4 Å². The van der Waals surface area contributed by atoms with Crippen LogP contribution < -0.4 is 16.4 Å². The van der Waals surface area contributed by atoms with Crippen LogP contribution in [0.3, 0.4) is 0 Å². The summed E-state index contributed by atoms with van der Waals surface area (Å²) in [6.45, 7) is 7.48. The van der Waals surface area contributed by atoms with E-state index in [-0.39, 0.29) is 31.4 Å². The highest BCUT2D eigenvalue weighted by Gasteiger charge is 2.39. The first-order valence-corrected chi connectivity index (χ1v) is 18.9. The molecule has 1 atom stereocenters. The number of halogens is 8. The molecule has 9 nitrogen and oxygen atoms in total. The molecule has 0 aliphatic rings. The van der Waals surface area contributed by atoms with Crippen LogP contribution in [0, 0.1) is 23.5 Å². The third-order valence-electron chi connectivity index (χ3n) is 7.44. The first-order chi connectivity index (χ1) is 23.3. The van der Waals surface area contributed by atoms with Gasteiger partial charge in [0.25, 0.3) is 11.1 Å². The summed E-state index contributed by atoms with van der Waals surface area (Å²) in [5, 5.41) is 5.76. The molecule has 4 rings (SSSR count). The summed E-state index contributed by atoms with van der Waals surface area (Å²) in [5.74, 6) is 1.71. The van der Waals surface area contributed by atoms with Crippen LogP contribution >= 0.6 is 0 Å². The Morgan fingerprint density at radius 3 is 2.26 bits per heavy atom. The standard InChI is InChI=1S/C32H32F8N6O3Si/c1-5-7-21(44-23-17-43-46(18-49-12-13-50(2,3)4)30(48)25(23)32(38,39)40)8-6-10-45-11-9-19-14-22(26(33)27(34)24(19)29(45)47)28-41-15-20(16-42-28)31(35,36)37/h9,11,14-17,21,44H,6,8,10,12-13,18H2,1-4H3/t21-/m0/s1. The van der Waals surface area contributed by atoms with Crippen molar-refractivity contribution in [1.29, 1.82) is 0 Å². The van der Waals surface area contributed by atoms with Crippen molar-refractivity contribution in [2.45, 2.75) is 77.1 Å². The number of alkyl halides is 6. The number of rotatable bonds is 12. The van der Waals surface area contributed by atoms with Gasteiger partial charge in [-0.15, -0.1) is 5.92 Å². The van der Waals surface area contributed by atoms with Crippen LogP contribution in [0.15, 0.2) is 46.5 Å². The third-order valence-corrected chi connectivity index (χ3v) is 9.15. The number of anilines is 1. The number of nitrogens with one attached hydrogen (secondary N) is 1. The smallest absolute Gasteiger partial charge is 0.370 e. The predicted molar refractivity (Wildman–Crippen MR) is 172 cm³/mol. The summed E-state index contributed by atoms with van der Waals surface area (Å²) in [6.07, 6.45) is -6.60. The molecule has 0 amide bonds. The van der Waals surface area contributed by atoms with Crippen LogP contribution in [0.25, 0.3) is 22.2 Å². The zero-order valence-corrected chi connectivity index (χ0v) is 28.3. The van der Waals surface area contributed by atoms with E-state index in [0.29, 0.717) is 17.1 Å². The molecule has 1 N–H and O–H groups in total. The first kappa shape index (κ1) is 38.2. The Hall–Kier alpha value is -4.63. The van der Waals surface area contributed by atoms with E-state index in [1.807, 2.05) is 0 Å². The number of nitrogens with zero attached hydrogens (tertiary/aromatic N) is 5. The third kappa shape index (κ3) is 9.12.